The molecule has 0 aliphatic carbocycles. The van der Waals surface area contributed by atoms with Crippen LogP contribution in [0.5, 0.6) is 0 Å². The second kappa shape index (κ2) is 7.13. The second-order valence-electron chi connectivity index (χ2n) is 7.21. The highest BCUT2D eigenvalue weighted by Crippen LogP contribution is 2.21. The van der Waals surface area contributed by atoms with Gasteiger partial charge in [-0.05, 0) is 18.9 Å². The second-order valence-corrected chi connectivity index (χ2v) is 7.21. The van der Waals surface area contributed by atoms with Gasteiger partial charge in [-0.3, -0.25) is 0 Å². The molecule has 0 spiro atoms. The molecule has 2 heterocycles. The summed E-state index contributed by atoms with van der Waals surface area (Å²) >= 11 is 0. The van der Waals surface area contributed by atoms with E-state index < -0.39 is 0 Å². The number of nitrogens with one attached hydrogen (secondary N) is 2. The fourth-order valence-electron chi connectivity index (χ4n) is 2.40. The predicted octanol–water partition coefficient (Wildman–Crippen LogP) is 2.12. The smallest absolute Gasteiger partial charge is 0.226 e. The third-order valence-corrected chi connectivity index (χ3v) is 3.94. The third kappa shape index (κ3) is 5.02. The first-order valence-corrected chi connectivity index (χ1v) is 8.11. The molecule has 0 bridgehead atoms. The monoisotopic (exact) mass is 306 g/mol. The summed E-state index contributed by atoms with van der Waals surface area (Å²) in [6.07, 6.45) is 1.11. The molecule has 2 N–H and O–H groups in total. The molecular formula is C16H30N6. The molecule has 6 nitrogen and oxygen atoms in total. The van der Waals surface area contributed by atoms with Crippen molar-refractivity contribution >= 4 is 17.6 Å². The molecule has 1 saturated heterocycles. The summed E-state index contributed by atoms with van der Waals surface area (Å²) in [5.74, 6) is 2.58. The van der Waals surface area contributed by atoms with Gasteiger partial charge in [-0.2, -0.15) is 9.97 Å². The summed E-state index contributed by atoms with van der Waals surface area (Å²) in [7, 11) is 4.03. The quantitative estimate of drug-likeness (QED) is 0.869. The van der Waals surface area contributed by atoms with E-state index in [1.807, 2.05) is 7.05 Å². The number of anilines is 3. The van der Waals surface area contributed by atoms with Crippen LogP contribution in [-0.4, -0.2) is 61.7 Å². The van der Waals surface area contributed by atoms with E-state index in [0.717, 1.165) is 50.8 Å². The van der Waals surface area contributed by atoms with Gasteiger partial charge < -0.3 is 20.4 Å². The van der Waals surface area contributed by atoms with Crippen LogP contribution in [0.1, 0.15) is 27.2 Å². The Morgan fingerprint density at radius 3 is 2.41 bits per heavy atom. The highest BCUT2D eigenvalue weighted by atomic mass is 15.3. The fourth-order valence-corrected chi connectivity index (χ4v) is 2.40. The number of hydrogen-bond acceptors (Lipinski definition) is 6. The van der Waals surface area contributed by atoms with E-state index in [9.17, 15) is 0 Å². The highest BCUT2D eigenvalue weighted by molar-refractivity contribution is 5.53. The molecule has 0 radical (unpaired) electrons. The maximum atomic E-state index is 4.60. The summed E-state index contributed by atoms with van der Waals surface area (Å²) in [4.78, 5) is 13.8. The van der Waals surface area contributed by atoms with Crippen molar-refractivity contribution < 1.29 is 0 Å². The lowest BCUT2D eigenvalue weighted by molar-refractivity contribution is 0.312. The van der Waals surface area contributed by atoms with Crippen molar-refractivity contribution in [3.63, 3.8) is 0 Å². The SMILES string of the molecule is CNc1nc(NCCC(C)(C)C)cc(N2CCN(C)CC2)n1. The van der Waals surface area contributed by atoms with Crippen molar-refractivity contribution in [3.05, 3.63) is 6.07 Å². The third-order valence-electron chi connectivity index (χ3n) is 3.94. The van der Waals surface area contributed by atoms with Crippen molar-refractivity contribution in [1.82, 2.24) is 14.9 Å². The molecule has 1 fully saturated rings. The van der Waals surface area contributed by atoms with Gasteiger partial charge in [0.2, 0.25) is 5.95 Å². The van der Waals surface area contributed by atoms with Gasteiger partial charge >= 0.3 is 0 Å². The van der Waals surface area contributed by atoms with Crippen molar-refractivity contribution in [2.24, 2.45) is 5.41 Å². The van der Waals surface area contributed by atoms with Crippen molar-refractivity contribution in [1.29, 1.82) is 0 Å². The van der Waals surface area contributed by atoms with Crippen LogP contribution in [0, 0.1) is 5.41 Å². The van der Waals surface area contributed by atoms with E-state index in [1.54, 1.807) is 0 Å². The van der Waals surface area contributed by atoms with Gasteiger partial charge in [0, 0.05) is 45.8 Å². The Morgan fingerprint density at radius 1 is 1.14 bits per heavy atom. The topological polar surface area (TPSA) is 56.3 Å². The molecule has 1 aliphatic rings. The molecule has 2 rings (SSSR count). The average Bonchev–Trinajstić information content (AvgIpc) is 2.46. The zero-order valence-corrected chi connectivity index (χ0v) is 14.6. The molecule has 6 heteroatoms. The van der Waals surface area contributed by atoms with Crippen LogP contribution >= 0.6 is 0 Å². The minimum Gasteiger partial charge on any atom is -0.370 e. The van der Waals surface area contributed by atoms with Crippen molar-refractivity contribution in [2.45, 2.75) is 27.2 Å². The molecule has 124 valence electrons. The Morgan fingerprint density at radius 2 is 1.82 bits per heavy atom. The Kier molecular flexibility index (Phi) is 5.45. The molecule has 0 saturated carbocycles. The first kappa shape index (κ1) is 16.8. The van der Waals surface area contributed by atoms with Crippen LogP contribution in [0.25, 0.3) is 0 Å². The van der Waals surface area contributed by atoms with Crippen LogP contribution in [-0.2, 0) is 0 Å². The standard InChI is InChI=1S/C16H30N6/c1-16(2,3)6-7-18-13-12-14(20-15(17-4)19-13)22-10-8-21(5)9-11-22/h12H,6-11H2,1-5H3,(H2,17,18,19,20). The summed E-state index contributed by atoms with van der Waals surface area (Å²) in [5, 5.41) is 6.50. The van der Waals surface area contributed by atoms with Gasteiger partial charge in [0.05, 0.1) is 0 Å². The first-order valence-electron chi connectivity index (χ1n) is 8.11. The van der Waals surface area contributed by atoms with E-state index >= 15 is 0 Å². The molecular weight excluding hydrogens is 276 g/mol. The first-order chi connectivity index (χ1) is 10.4. The van der Waals surface area contributed by atoms with Crippen molar-refractivity contribution in [2.75, 3.05) is 62.4 Å². The van der Waals surface area contributed by atoms with Crippen LogP contribution < -0.4 is 15.5 Å². The zero-order valence-electron chi connectivity index (χ0n) is 14.6. The molecule has 1 aromatic heterocycles. The average molecular weight is 306 g/mol. The Bertz CT molecular complexity index is 474. The Balaban J connectivity index is 2.05. The number of piperazine rings is 1. The van der Waals surface area contributed by atoms with Crippen LogP contribution in [0.2, 0.25) is 0 Å². The normalized spacial score (nSPS) is 16.7. The fraction of sp³-hybridized carbons (Fsp3) is 0.750. The van der Waals surface area contributed by atoms with Crippen LogP contribution in [0.15, 0.2) is 6.07 Å². The molecule has 1 aromatic rings. The lowest BCUT2D eigenvalue weighted by Crippen LogP contribution is -2.44. The van der Waals surface area contributed by atoms with E-state index in [1.165, 1.54) is 0 Å². The molecule has 22 heavy (non-hydrogen) atoms. The highest BCUT2D eigenvalue weighted by Gasteiger charge is 2.17. The minimum atomic E-state index is 0.326. The largest absolute Gasteiger partial charge is 0.370 e. The van der Waals surface area contributed by atoms with E-state index in [0.29, 0.717) is 11.4 Å². The van der Waals surface area contributed by atoms with Crippen molar-refractivity contribution in [3.8, 4) is 0 Å². The van der Waals surface area contributed by atoms with E-state index in [2.05, 4.69) is 64.3 Å². The van der Waals surface area contributed by atoms with Crippen LogP contribution in [0.4, 0.5) is 17.6 Å². The van der Waals surface area contributed by atoms with Gasteiger partial charge in [-0.15, -0.1) is 0 Å². The summed E-state index contributed by atoms with van der Waals surface area (Å²) in [5.41, 5.74) is 0.326. The lowest BCUT2D eigenvalue weighted by Gasteiger charge is -2.33. The number of hydrogen-bond donors (Lipinski definition) is 2. The summed E-state index contributed by atoms with van der Waals surface area (Å²) in [6, 6.07) is 2.06. The maximum absolute atomic E-state index is 4.60. The summed E-state index contributed by atoms with van der Waals surface area (Å²) in [6.45, 7) is 11.9. The number of likely N-dealkylation sites (N-methyl/N-ethyl adjacent to an activating group) is 1. The van der Waals surface area contributed by atoms with Gasteiger partial charge in [-0.1, -0.05) is 20.8 Å². The van der Waals surface area contributed by atoms with Gasteiger partial charge in [-0.25, -0.2) is 0 Å². The van der Waals surface area contributed by atoms with Crippen LogP contribution in [0.3, 0.4) is 0 Å². The molecule has 0 amide bonds. The van der Waals surface area contributed by atoms with Gasteiger partial charge in [0.25, 0.3) is 0 Å². The molecule has 0 unspecified atom stereocenters. The Labute approximate surface area is 134 Å². The summed E-state index contributed by atoms with van der Waals surface area (Å²) < 4.78 is 0. The predicted molar refractivity (Wildman–Crippen MR) is 93.9 cm³/mol. The minimum absolute atomic E-state index is 0.326. The van der Waals surface area contributed by atoms with E-state index in [-0.39, 0.29) is 0 Å². The number of aromatic nitrogens is 2. The van der Waals surface area contributed by atoms with Gasteiger partial charge in [0.1, 0.15) is 11.6 Å². The molecule has 0 atom stereocenters. The lowest BCUT2D eigenvalue weighted by atomic mass is 9.92. The maximum Gasteiger partial charge on any atom is 0.226 e. The number of rotatable bonds is 5. The number of nitrogens with zero attached hydrogens (tertiary/aromatic N) is 4. The Hall–Kier alpha value is -1.56. The molecule has 0 aromatic carbocycles. The van der Waals surface area contributed by atoms with Gasteiger partial charge in [0.15, 0.2) is 0 Å². The zero-order chi connectivity index (χ0) is 16.2. The van der Waals surface area contributed by atoms with E-state index in [4.69, 9.17) is 0 Å². The molecule has 1 aliphatic heterocycles.